The summed E-state index contributed by atoms with van der Waals surface area (Å²) in [5.74, 6) is -0.351. The number of esters is 1. The minimum Gasteiger partial charge on any atom is -0.460 e. The second-order valence-corrected chi connectivity index (χ2v) is 9.22. The van der Waals surface area contributed by atoms with Gasteiger partial charge in [-0.15, -0.1) is 11.8 Å². The lowest BCUT2D eigenvalue weighted by Gasteiger charge is -2.37. The number of amidine groups is 1. The molecule has 2 aliphatic heterocycles. The van der Waals surface area contributed by atoms with Gasteiger partial charge in [-0.25, -0.2) is 4.79 Å². The van der Waals surface area contributed by atoms with E-state index in [2.05, 4.69) is 11.2 Å². The summed E-state index contributed by atoms with van der Waals surface area (Å²) >= 11 is 7.89. The maximum atomic E-state index is 12.9. The van der Waals surface area contributed by atoms with Crippen LogP contribution < -0.4 is 4.90 Å². The molecule has 162 valence electrons. The highest BCUT2D eigenvalue weighted by atomic mass is 35.5. The molecule has 0 aromatic heterocycles. The molecule has 0 bridgehead atoms. The van der Waals surface area contributed by atoms with Crippen molar-refractivity contribution in [3.8, 4) is 0 Å². The van der Waals surface area contributed by atoms with Crippen LogP contribution in [0.2, 0.25) is 5.02 Å². The summed E-state index contributed by atoms with van der Waals surface area (Å²) in [5.41, 5.74) is 1.91. The molecule has 2 heterocycles. The first-order valence-corrected chi connectivity index (χ1v) is 11.7. The summed E-state index contributed by atoms with van der Waals surface area (Å²) < 4.78 is 5.32. The van der Waals surface area contributed by atoms with Gasteiger partial charge in [0, 0.05) is 27.2 Å². The molecular formula is C25H21ClN2O3S. The van der Waals surface area contributed by atoms with Gasteiger partial charge in [-0.3, -0.25) is 4.90 Å². The van der Waals surface area contributed by atoms with Crippen LogP contribution in [0.4, 0.5) is 5.69 Å². The minimum absolute atomic E-state index is 0.0374. The van der Waals surface area contributed by atoms with E-state index in [0.717, 1.165) is 21.7 Å². The molecule has 0 amide bonds. The van der Waals surface area contributed by atoms with Gasteiger partial charge >= 0.3 is 5.97 Å². The maximum Gasteiger partial charge on any atom is 0.378 e. The number of nitrogens with zero attached hydrogens (tertiary/aromatic N) is 2. The van der Waals surface area contributed by atoms with Crippen LogP contribution in [-0.4, -0.2) is 18.4 Å². The molecule has 0 fully saturated rings. The van der Waals surface area contributed by atoms with Gasteiger partial charge in [0.15, 0.2) is 0 Å². The van der Waals surface area contributed by atoms with Gasteiger partial charge < -0.3 is 9.57 Å². The van der Waals surface area contributed by atoms with E-state index in [1.165, 1.54) is 0 Å². The Morgan fingerprint density at radius 3 is 2.59 bits per heavy atom. The molecule has 5 rings (SSSR count). The van der Waals surface area contributed by atoms with Crippen molar-refractivity contribution in [2.24, 2.45) is 5.16 Å². The molecule has 3 aromatic carbocycles. The summed E-state index contributed by atoms with van der Waals surface area (Å²) in [4.78, 5) is 22.0. The molecule has 0 saturated heterocycles. The van der Waals surface area contributed by atoms with Crippen molar-refractivity contribution in [2.45, 2.75) is 29.2 Å². The van der Waals surface area contributed by atoms with Crippen LogP contribution in [0.1, 0.15) is 29.7 Å². The summed E-state index contributed by atoms with van der Waals surface area (Å²) in [5, 5.41) is 5.00. The molecule has 0 spiro atoms. The first kappa shape index (κ1) is 20.9. The highest BCUT2D eigenvalue weighted by Crippen LogP contribution is 2.55. The van der Waals surface area contributed by atoms with Gasteiger partial charge in [0.2, 0.25) is 5.72 Å². The topological polar surface area (TPSA) is 51.1 Å². The fourth-order valence-electron chi connectivity index (χ4n) is 4.18. The Bertz CT molecular complexity index is 1170. The van der Waals surface area contributed by atoms with Gasteiger partial charge in [0.25, 0.3) is 5.84 Å². The van der Waals surface area contributed by atoms with Crippen LogP contribution in [-0.2, 0) is 20.1 Å². The van der Waals surface area contributed by atoms with Gasteiger partial charge in [-0.05, 0) is 36.8 Å². The molecule has 2 atom stereocenters. The second-order valence-electron chi connectivity index (χ2n) is 7.54. The molecule has 32 heavy (non-hydrogen) atoms. The fourth-order valence-corrected chi connectivity index (χ4v) is 5.65. The van der Waals surface area contributed by atoms with Crippen LogP contribution in [0.15, 0.2) is 88.9 Å². The van der Waals surface area contributed by atoms with E-state index in [4.69, 9.17) is 21.2 Å². The van der Waals surface area contributed by atoms with E-state index in [1.807, 2.05) is 77.7 Å². The average molecular weight is 465 g/mol. The number of rotatable bonds is 4. The number of carbonyl (C=O) groups is 1. The summed E-state index contributed by atoms with van der Waals surface area (Å²) in [6.45, 7) is 2.04. The zero-order valence-electron chi connectivity index (χ0n) is 17.4. The Morgan fingerprint density at radius 1 is 1.12 bits per heavy atom. The molecule has 0 saturated carbocycles. The number of thioether (sulfide) groups is 1. The predicted octanol–water partition coefficient (Wildman–Crippen LogP) is 6.14. The van der Waals surface area contributed by atoms with Crippen molar-refractivity contribution < 1.29 is 14.4 Å². The largest absolute Gasteiger partial charge is 0.460 e. The van der Waals surface area contributed by atoms with Crippen LogP contribution in [0, 0.1) is 0 Å². The zero-order chi connectivity index (χ0) is 22.1. The minimum atomic E-state index is -0.993. The first-order chi connectivity index (χ1) is 15.6. The van der Waals surface area contributed by atoms with Gasteiger partial charge in [-0.1, -0.05) is 71.4 Å². The van der Waals surface area contributed by atoms with E-state index >= 15 is 0 Å². The summed E-state index contributed by atoms with van der Waals surface area (Å²) in [6.07, 6.45) is 0.560. The number of carbonyl (C=O) groups excluding carboxylic acids is 1. The van der Waals surface area contributed by atoms with Crippen LogP contribution in [0.25, 0.3) is 0 Å². The lowest BCUT2D eigenvalue weighted by atomic mass is 9.92. The number of halogens is 1. The van der Waals surface area contributed by atoms with E-state index in [1.54, 1.807) is 18.7 Å². The summed E-state index contributed by atoms with van der Waals surface area (Å²) in [6, 6.07) is 25.8. The SMILES string of the molecule is CCOC(=O)C1=NOC2(c3ccccc3)CC(c3ccc(Cl)cc3)Sc3ccccc3N12. The highest BCUT2D eigenvalue weighted by molar-refractivity contribution is 7.99. The fraction of sp³-hybridized carbons (Fsp3) is 0.200. The molecule has 7 heteroatoms. The van der Waals surface area contributed by atoms with Crippen molar-refractivity contribution in [2.75, 3.05) is 11.5 Å². The predicted molar refractivity (Wildman–Crippen MR) is 127 cm³/mol. The second kappa shape index (κ2) is 8.52. The van der Waals surface area contributed by atoms with Crippen LogP contribution in [0.5, 0.6) is 0 Å². The number of fused-ring (bicyclic) bond motifs is 3. The van der Waals surface area contributed by atoms with Gasteiger partial charge in [0.05, 0.1) is 12.3 Å². The third-order valence-electron chi connectivity index (χ3n) is 5.62. The van der Waals surface area contributed by atoms with E-state index in [0.29, 0.717) is 11.4 Å². The quantitative estimate of drug-likeness (QED) is 0.434. The average Bonchev–Trinajstić information content (AvgIpc) is 3.13. The van der Waals surface area contributed by atoms with E-state index in [-0.39, 0.29) is 17.7 Å². The number of hydrogen-bond donors (Lipinski definition) is 0. The number of hydrogen-bond acceptors (Lipinski definition) is 6. The van der Waals surface area contributed by atoms with Crippen molar-refractivity contribution in [3.63, 3.8) is 0 Å². The molecule has 3 aromatic rings. The lowest BCUT2D eigenvalue weighted by molar-refractivity contribution is -0.135. The molecule has 5 nitrogen and oxygen atoms in total. The number of anilines is 1. The lowest BCUT2D eigenvalue weighted by Crippen LogP contribution is -2.49. The van der Waals surface area contributed by atoms with Gasteiger partial charge in [0.1, 0.15) is 0 Å². The molecule has 2 unspecified atom stereocenters. The van der Waals surface area contributed by atoms with Crippen LogP contribution in [0.3, 0.4) is 0 Å². The Morgan fingerprint density at radius 2 is 1.84 bits per heavy atom. The smallest absolute Gasteiger partial charge is 0.378 e. The molecule has 2 aliphatic rings. The Labute approximate surface area is 196 Å². The van der Waals surface area contributed by atoms with Crippen molar-refractivity contribution >= 4 is 40.9 Å². The molecule has 0 radical (unpaired) electrons. The molecule has 0 aliphatic carbocycles. The Kier molecular flexibility index (Phi) is 5.57. The Hall–Kier alpha value is -2.96. The number of para-hydroxylation sites is 1. The van der Waals surface area contributed by atoms with E-state index in [9.17, 15) is 4.79 Å². The zero-order valence-corrected chi connectivity index (χ0v) is 19.0. The highest BCUT2D eigenvalue weighted by Gasteiger charge is 2.54. The third kappa shape index (κ3) is 3.53. The van der Waals surface area contributed by atoms with Crippen molar-refractivity contribution in [3.05, 3.63) is 95.0 Å². The monoisotopic (exact) mass is 464 g/mol. The number of oxime groups is 1. The third-order valence-corrected chi connectivity index (χ3v) is 7.19. The Balaban J connectivity index is 1.70. The number of ether oxygens (including phenoxy) is 1. The van der Waals surface area contributed by atoms with Gasteiger partial charge in [-0.2, -0.15) is 0 Å². The number of benzene rings is 3. The molecule has 0 N–H and O–H groups in total. The summed E-state index contributed by atoms with van der Waals surface area (Å²) in [7, 11) is 0. The normalized spacial score (nSPS) is 21.6. The molecular weight excluding hydrogens is 444 g/mol. The van der Waals surface area contributed by atoms with Crippen molar-refractivity contribution in [1.29, 1.82) is 0 Å². The first-order valence-electron chi connectivity index (χ1n) is 10.4. The standard InChI is InChI=1S/C25H21ClN2O3S/c1-2-30-24(29)23-27-31-25(18-8-4-3-5-9-18)16-22(17-12-14-19(26)15-13-17)32-21-11-7-6-10-20(21)28(23)25/h3-15,22H,2,16H2,1H3. The maximum absolute atomic E-state index is 12.9. The van der Waals surface area contributed by atoms with Crippen LogP contribution >= 0.6 is 23.4 Å². The van der Waals surface area contributed by atoms with E-state index < -0.39 is 11.7 Å². The van der Waals surface area contributed by atoms with Crippen molar-refractivity contribution in [1.82, 2.24) is 0 Å².